The normalized spacial score (nSPS) is 14.6. The maximum absolute atomic E-state index is 7.78. The molecule has 0 radical (unpaired) electrons. The molecule has 0 aliphatic carbocycles. The number of alkyl halides is 1. The number of ether oxygens (including phenoxy) is 1. The largest absolute Gasteiger partial charge is 0.457 e. The molecule has 0 bridgehead atoms. The Kier molecular flexibility index (Phi) is 1.90. The molecule has 0 heterocycles. The lowest BCUT2D eigenvalue weighted by Crippen LogP contribution is -1.84. The van der Waals surface area contributed by atoms with E-state index >= 15 is 0 Å². The topological polar surface area (TPSA) is 9.23 Å². The van der Waals surface area contributed by atoms with Gasteiger partial charge in [-0.2, -0.15) is 0 Å². The van der Waals surface area contributed by atoms with Gasteiger partial charge in [0.15, 0.2) is 0 Å². The van der Waals surface area contributed by atoms with Crippen LogP contribution < -0.4 is 4.74 Å². The number of halogens is 1. The van der Waals surface area contributed by atoms with Gasteiger partial charge in [-0.25, -0.2) is 0 Å². The summed E-state index contributed by atoms with van der Waals surface area (Å²) < 4.78 is 43.7. The molecule has 2 aromatic carbocycles. The van der Waals surface area contributed by atoms with Gasteiger partial charge in [0.25, 0.3) is 0 Å². The fraction of sp³-hybridized carbons (Fsp3) is 0.0769. The standard InChI is InChI=1S/C13H11BrO/c14-10-11-5-4-8-13(9-11)15-12-6-2-1-3-7-12/h1-9H,10H2/i1D,2D,3D,6D,7D. The average Bonchev–Trinajstić information content (AvgIpc) is 2.48. The third kappa shape index (κ3) is 2.83. The van der Waals surface area contributed by atoms with Crippen LogP contribution >= 0.6 is 15.9 Å². The van der Waals surface area contributed by atoms with Crippen molar-refractivity contribution in [2.45, 2.75) is 5.33 Å². The minimum Gasteiger partial charge on any atom is -0.457 e. The van der Waals surface area contributed by atoms with E-state index < -0.39 is 18.1 Å². The van der Waals surface area contributed by atoms with Gasteiger partial charge in [0.1, 0.15) is 11.5 Å². The summed E-state index contributed by atoms with van der Waals surface area (Å²) >= 11 is 3.32. The first kappa shape index (κ1) is 5.71. The summed E-state index contributed by atoms with van der Waals surface area (Å²) in [5, 5.41) is 0.644. The molecule has 0 unspecified atom stereocenters. The molecule has 0 aliphatic rings. The minimum atomic E-state index is -0.429. The van der Waals surface area contributed by atoms with Crippen LogP contribution in [0, 0.1) is 0 Å². The number of para-hydroxylation sites is 1. The molecule has 0 N–H and O–H groups in total. The highest BCUT2D eigenvalue weighted by Gasteiger charge is 1.97. The van der Waals surface area contributed by atoms with Crippen LogP contribution in [0.1, 0.15) is 12.4 Å². The molecule has 1 nitrogen and oxygen atoms in total. The summed E-state index contributed by atoms with van der Waals surface area (Å²) in [5.41, 5.74) is 0.967. The zero-order valence-corrected chi connectivity index (χ0v) is 9.39. The predicted octanol–water partition coefficient (Wildman–Crippen LogP) is 4.37. The molecule has 2 rings (SSSR count). The summed E-state index contributed by atoms with van der Waals surface area (Å²) in [7, 11) is 0. The van der Waals surface area contributed by atoms with Crippen molar-refractivity contribution in [3.05, 3.63) is 60.0 Å². The fourth-order valence-electron chi connectivity index (χ4n) is 1.10. The Labute approximate surface area is 105 Å². The van der Waals surface area contributed by atoms with Crippen LogP contribution in [0.25, 0.3) is 0 Å². The van der Waals surface area contributed by atoms with Crippen molar-refractivity contribution in [3.63, 3.8) is 0 Å². The second kappa shape index (κ2) is 4.99. The van der Waals surface area contributed by atoms with Gasteiger partial charge in [0.05, 0.1) is 6.85 Å². The molecule has 15 heavy (non-hydrogen) atoms. The Hall–Kier alpha value is -1.28. The van der Waals surface area contributed by atoms with Crippen molar-refractivity contribution in [1.29, 1.82) is 0 Å². The Morgan fingerprint density at radius 1 is 1.13 bits per heavy atom. The summed E-state index contributed by atoms with van der Waals surface area (Å²) in [5.74, 6) is 0.267. The second-order valence-electron chi connectivity index (χ2n) is 2.84. The van der Waals surface area contributed by atoms with E-state index in [1.54, 1.807) is 18.2 Å². The predicted molar refractivity (Wildman–Crippen MR) is 65.6 cm³/mol. The fourth-order valence-corrected chi connectivity index (χ4v) is 1.45. The van der Waals surface area contributed by atoms with E-state index in [9.17, 15) is 0 Å². The maximum Gasteiger partial charge on any atom is 0.127 e. The average molecular weight is 268 g/mol. The lowest BCUT2D eigenvalue weighted by molar-refractivity contribution is 0.482. The molecule has 0 aromatic heterocycles. The van der Waals surface area contributed by atoms with Gasteiger partial charge in [-0.15, -0.1) is 0 Å². The van der Waals surface area contributed by atoms with Crippen LogP contribution in [0.3, 0.4) is 0 Å². The molecule has 2 heteroatoms. The zero-order valence-electron chi connectivity index (χ0n) is 12.8. The van der Waals surface area contributed by atoms with Gasteiger partial charge in [-0.3, -0.25) is 0 Å². The van der Waals surface area contributed by atoms with Crippen LogP contribution in [-0.2, 0) is 5.33 Å². The van der Waals surface area contributed by atoms with Gasteiger partial charge in [-0.1, -0.05) is 46.2 Å². The van der Waals surface area contributed by atoms with Gasteiger partial charge < -0.3 is 4.74 Å². The van der Waals surface area contributed by atoms with E-state index in [4.69, 9.17) is 11.6 Å². The molecule has 0 saturated heterocycles. The van der Waals surface area contributed by atoms with Crippen LogP contribution in [0.15, 0.2) is 54.5 Å². The highest BCUT2D eigenvalue weighted by molar-refractivity contribution is 9.08. The van der Waals surface area contributed by atoms with Gasteiger partial charge in [0.2, 0.25) is 0 Å². The van der Waals surface area contributed by atoms with Crippen LogP contribution in [0.2, 0.25) is 0 Å². The first-order valence-corrected chi connectivity index (χ1v) is 5.47. The number of benzene rings is 2. The molecule has 0 atom stereocenters. The second-order valence-corrected chi connectivity index (χ2v) is 3.40. The third-order valence-electron chi connectivity index (χ3n) is 1.75. The Balaban J connectivity index is 2.48. The molecule has 0 amide bonds. The Morgan fingerprint density at radius 2 is 1.93 bits per heavy atom. The van der Waals surface area contributed by atoms with E-state index in [-0.39, 0.29) is 17.8 Å². The summed E-state index contributed by atoms with van der Waals surface area (Å²) in [6.45, 7) is 0. The number of hydrogen-bond donors (Lipinski definition) is 0. The molecule has 0 fully saturated rings. The van der Waals surface area contributed by atoms with Crippen LogP contribution in [0.5, 0.6) is 11.5 Å². The number of rotatable bonds is 3. The van der Waals surface area contributed by atoms with E-state index in [1.807, 2.05) is 6.07 Å². The third-order valence-corrected chi connectivity index (χ3v) is 2.40. The molecular weight excluding hydrogens is 252 g/mol. The molecule has 0 spiro atoms. The van der Waals surface area contributed by atoms with Crippen molar-refractivity contribution in [1.82, 2.24) is 0 Å². The summed E-state index contributed by atoms with van der Waals surface area (Å²) in [6, 6.07) is 5.16. The first-order valence-electron chi connectivity index (χ1n) is 6.85. The van der Waals surface area contributed by atoms with E-state index in [0.717, 1.165) is 5.56 Å². The van der Waals surface area contributed by atoms with Gasteiger partial charge in [0, 0.05) is 5.33 Å². The SMILES string of the molecule is [2H]c1c([2H])c([2H])c(Oc2cccc(CBr)c2)c([2H])c1[2H]. The van der Waals surface area contributed by atoms with E-state index in [2.05, 4.69) is 15.9 Å². The highest BCUT2D eigenvalue weighted by Crippen LogP contribution is 2.22. The quantitative estimate of drug-likeness (QED) is 0.751. The lowest BCUT2D eigenvalue weighted by atomic mass is 10.2. The molecule has 2 aromatic rings. The molecular formula is C13H11BrO. The van der Waals surface area contributed by atoms with Crippen molar-refractivity contribution >= 4 is 15.9 Å². The lowest BCUT2D eigenvalue weighted by Gasteiger charge is -2.06. The van der Waals surface area contributed by atoms with Crippen molar-refractivity contribution in [3.8, 4) is 11.5 Å². The smallest absolute Gasteiger partial charge is 0.127 e. The van der Waals surface area contributed by atoms with Crippen LogP contribution in [-0.4, -0.2) is 0 Å². The number of hydrogen-bond acceptors (Lipinski definition) is 1. The monoisotopic (exact) mass is 267 g/mol. The van der Waals surface area contributed by atoms with Crippen molar-refractivity contribution in [2.24, 2.45) is 0 Å². The highest BCUT2D eigenvalue weighted by atomic mass is 79.9. The molecule has 76 valence electrons. The van der Waals surface area contributed by atoms with Crippen molar-refractivity contribution in [2.75, 3.05) is 0 Å². The Bertz CT molecular complexity index is 630. The van der Waals surface area contributed by atoms with E-state index in [1.165, 1.54) is 0 Å². The maximum atomic E-state index is 7.78. The van der Waals surface area contributed by atoms with E-state index in [0.29, 0.717) is 11.1 Å². The van der Waals surface area contributed by atoms with Gasteiger partial charge >= 0.3 is 0 Å². The van der Waals surface area contributed by atoms with Crippen LogP contribution in [0.4, 0.5) is 0 Å². The first-order chi connectivity index (χ1) is 9.45. The Morgan fingerprint density at radius 3 is 2.67 bits per heavy atom. The zero-order chi connectivity index (χ0) is 14.9. The minimum absolute atomic E-state index is 0.164. The van der Waals surface area contributed by atoms with Gasteiger partial charge in [-0.05, 0) is 29.8 Å². The summed E-state index contributed by atoms with van der Waals surface area (Å²) in [4.78, 5) is 0. The molecule has 0 saturated carbocycles. The van der Waals surface area contributed by atoms with Crippen molar-refractivity contribution < 1.29 is 11.6 Å². The summed E-state index contributed by atoms with van der Waals surface area (Å²) in [6.07, 6.45) is 0. The molecule has 0 aliphatic heterocycles.